The predicted molar refractivity (Wildman–Crippen MR) is 148 cm³/mol. The fraction of sp³-hybridized carbons (Fsp3) is 0.538. The van der Waals surface area contributed by atoms with E-state index in [1.165, 1.54) is 19.3 Å². The Balaban J connectivity index is 1.19. The summed E-state index contributed by atoms with van der Waals surface area (Å²) in [6, 6.07) is 3.98. The van der Waals surface area contributed by atoms with Gasteiger partial charge in [0.15, 0.2) is 16.6 Å². The molecule has 0 aliphatic carbocycles. The number of H-pyrrole nitrogens is 1. The van der Waals surface area contributed by atoms with E-state index < -0.39 is 0 Å². The zero-order valence-electron chi connectivity index (χ0n) is 21.4. The molecule has 2 aliphatic heterocycles. The van der Waals surface area contributed by atoms with E-state index >= 15 is 0 Å². The molecule has 1 atom stereocenters. The maximum atomic E-state index is 6.15. The molecule has 2 fully saturated rings. The molecule has 10 nitrogen and oxygen atoms in total. The molecule has 1 unspecified atom stereocenters. The Morgan fingerprint density at radius 1 is 1.16 bits per heavy atom. The van der Waals surface area contributed by atoms with E-state index in [1.807, 2.05) is 18.3 Å². The number of aromatic amines is 1. The number of aromatic nitrogens is 4. The molecule has 0 bridgehead atoms. The molecule has 5 rings (SSSR count). The van der Waals surface area contributed by atoms with Crippen molar-refractivity contribution in [3.05, 3.63) is 36.7 Å². The van der Waals surface area contributed by atoms with Gasteiger partial charge in [0.2, 0.25) is 0 Å². The number of nitrogens with zero attached hydrogens (tertiary/aromatic N) is 5. The topological polar surface area (TPSA) is 103 Å². The third kappa shape index (κ3) is 6.40. The number of piperidine rings is 1. The van der Waals surface area contributed by atoms with E-state index in [2.05, 4.69) is 40.4 Å². The highest BCUT2D eigenvalue weighted by molar-refractivity contribution is 7.80. The van der Waals surface area contributed by atoms with Gasteiger partial charge in [-0.05, 0) is 63.0 Å². The minimum absolute atomic E-state index is 0.588. The number of hydrogen-bond donors (Lipinski definition) is 3. The summed E-state index contributed by atoms with van der Waals surface area (Å²) in [6.07, 6.45) is 9.99. The lowest BCUT2D eigenvalue weighted by Gasteiger charge is -2.37. The standard InChI is InChI=1S/C26H36N8O2S/c1-35-22-14-20-21(15-23(22)36-13-3-5-19-4-2-6-27-16-19)31-18-32-25(20)33-9-11-34(12-10-33)26(37)30-17-24-28-7-8-29-24/h7-8,14-15,18-19,27H,2-6,9-13,16-17H2,1H3,(H,28,29)(H,30,37). The van der Waals surface area contributed by atoms with Crippen molar-refractivity contribution < 1.29 is 9.47 Å². The minimum Gasteiger partial charge on any atom is -0.493 e. The number of benzene rings is 1. The van der Waals surface area contributed by atoms with Crippen LogP contribution in [0.5, 0.6) is 11.5 Å². The van der Waals surface area contributed by atoms with Crippen molar-refractivity contribution in [3.63, 3.8) is 0 Å². The van der Waals surface area contributed by atoms with Crippen LogP contribution in [0.4, 0.5) is 5.82 Å². The SMILES string of the molecule is COc1cc2c(N3CCN(C(=S)NCc4ncc[nH]4)CC3)ncnc2cc1OCCCC1CCCNC1. The number of hydrogen-bond acceptors (Lipinski definition) is 8. The van der Waals surface area contributed by atoms with E-state index in [4.69, 9.17) is 21.7 Å². The number of nitrogens with one attached hydrogen (secondary N) is 3. The molecular weight excluding hydrogens is 488 g/mol. The van der Waals surface area contributed by atoms with Crippen LogP contribution >= 0.6 is 12.2 Å². The lowest BCUT2D eigenvalue weighted by atomic mass is 9.95. The second-order valence-electron chi connectivity index (χ2n) is 9.59. The quantitative estimate of drug-likeness (QED) is 0.286. The van der Waals surface area contributed by atoms with Crippen LogP contribution in [-0.4, -0.2) is 82.9 Å². The summed E-state index contributed by atoms with van der Waals surface area (Å²) in [7, 11) is 1.68. The third-order valence-corrected chi connectivity index (χ3v) is 7.54. The maximum absolute atomic E-state index is 6.15. The van der Waals surface area contributed by atoms with E-state index in [9.17, 15) is 0 Å². The summed E-state index contributed by atoms with van der Waals surface area (Å²) in [5.74, 6) is 3.98. The molecule has 0 radical (unpaired) electrons. The van der Waals surface area contributed by atoms with Crippen LogP contribution in [0.2, 0.25) is 0 Å². The van der Waals surface area contributed by atoms with Crippen LogP contribution in [0.3, 0.4) is 0 Å². The van der Waals surface area contributed by atoms with Gasteiger partial charge in [-0.15, -0.1) is 0 Å². The molecule has 37 heavy (non-hydrogen) atoms. The average Bonchev–Trinajstić information content (AvgIpc) is 3.48. The van der Waals surface area contributed by atoms with E-state index in [0.717, 1.165) is 85.0 Å². The van der Waals surface area contributed by atoms with Crippen molar-refractivity contribution in [1.29, 1.82) is 0 Å². The molecule has 0 saturated carbocycles. The van der Waals surface area contributed by atoms with E-state index in [-0.39, 0.29) is 0 Å². The number of anilines is 1. The van der Waals surface area contributed by atoms with Crippen molar-refractivity contribution in [3.8, 4) is 11.5 Å². The largest absolute Gasteiger partial charge is 0.493 e. The van der Waals surface area contributed by atoms with Gasteiger partial charge >= 0.3 is 0 Å². The molecule has 4 heterocycles. The van der Waals surface area contributed by atoms with Crippen molar-refractivity contribution in [1.82, 2.24) is 35.5 Å². The molecule has 2 saturated heterocycles. The van der Waals surface area contributed by atoms with Crippen LogP contribution in [0, 0.1) is 5.92 Å². The summed E-state index contributed by atoms with van der Waals surface area (Å²) in [5, 5.41) is 8.48. The van der Waals surface area contributed by atoms with Gasteiger partial charge in [0.05, 0.1) is 25.8 Å². The number of piperazine rings is 1. The average molecular weight is 525 g/mol. The third-order valence-electron chi connectivity index (χ3n) is 7.14. The Labute approximate surface area is 223 Å². The number of ether oxygens (including phenoxy) is 2. The first-order valence-electron chi connectivity index (χ1n) is 13.1. The van der Waals surface area contributed by atoms with Gasteiger partial charge in [0.1, 0.15) is 18.0 Å². The van der Waals surface area contributed by atoms with Gasteiger partial charge in [-0.25, -0.2) is 15.0 Å². The number of imidazole rings is 1. The van der Waals surface area contributed by atoms with Gasteiger partial charge < -0.3 is 34.9 Å². The lowest BCUT2D eigenvalue weighted by Crippen LogP contribution is -2.51. The van der Waals surface area contributed by atoms with Crippen molar-refractivity contribution >= 4 is 34.1 Å². The van der Waals surface area contributed by atoms with Gasteiger partial charge in [-0.2, -0.15) is 0 Å². The zero-order valence-corrected chi connectivity index (χ0v) is 22.2. The van der Waals surface area contributed by atoms with Gasteiger partial charge in [-0.3, -0.25) is 0 Å². The molecular formula is C26H36N8O2S. The zero-order chi connectivity index (χ0) is 25.5. The van der Waals surface area contributed by atoms with Gasteiger partial charge in [-0.1, -0.05) is 0 Å². The Kier molecular flexibility index (Phi) is 8.52. The van der Waals surface area contributed by atoms with Gasteiger partial charge in [0, 0.05) is 50.0 Å². The van der Waals surface area contributed by atoms with Crippen LogP contribution in [0.25, 0.3) is 10.9 Å². The second-order valence-corrected chi connectivity index (χ2v) is 9.98. The lowest BCUT2D eigenvalue weighted by molar-refractivity contribution is 0.264. The molecule has 3 aromatic rings. The molecule has 0 spiro atoms. The van der Waals surface area contributed by atoms with Crippen molar-refractivity contribution in [2.24, 2.45) is 5.92 Å². The number of methoxy groups -OCH3 is 1. The summed E-state index contributed by atoms with van der Waals surface area (Å²) in [5.41, 5.74) is 0.857. The summed E-state index contributed by atoms with van der Waals surface area (Å²) >= 11 is 5.60. The highest BCUT2D eigenvalue weighted by Crippen LogP contribution is 2.35. The monoisotopic (exact) mass is 524 g/mol. The first kappa shape index (κ1) is 25.5. The first-order chi connectivity index (χ1) is 18.2. The molecule has 0 amide bonds. The fourth-order valence-corrected chi connectivity index (χ4v) is 5.34. The van der Waals surface area contributed by atoms with Crippen LogP contribution in [0.15, 0.2) is 30.9 Å². The van der Waals surface area contributed by atoms with Crippen LogP contribution in [-0.2, 0) is 6.54 Å². The molecule has 3 N–H and O–H groups in total. The van der Waals surface area contributed by atoms with E-state index in [1.54, 1.807) is 19.6 Å². The first-order valence-corrected chi connectivity index (χ1v) is 13.5. The molecule has 2 aromatic heterocycles. The van der Waals surface area contributed by atoms with Crippen LogP contribution < -0.4 is 25.0 Å². The Hall–Kier alpha value is -3.18. The summed E-state index contributed by atoms with van der Waals surface area (Å²) in [4.78, 5) is 21.0. The maximum Gasteiger partial charge on any atom is 0.169 e. The molecule has 198 valence electrons. The highest BCUT2D eigenvalue weighted by atomic mass is 32.1. The Morgan fingerprint density at radius 3 is 2.81 bits per heavy atom. The highest BCUT2D eigenvalue weighted by Gasteiger charge is 2.22. The van der Waals surface area contributed by atoms with Crippen molar-refractivity contribution in [2.45, 2.75) is 32.2 Å². The Morgan fingerprint density at radius 2 is 2.05 bits per heavy atom. The Bertz CT molecular complexity index is 1160. The van der Waals surface area contributed by atoms with Gasteiger partial charge in [0.25, 0.3) is 0 Å². The second kappa shape index (κ2) is 12.4. The number of fused-ring (bicyclic) bond motifs is 1. The molecule has 1 aromatic carbocycles. The smallest absolute Gasteiger partial charge is 0.169 e. The van der Waals surface area contributed by atoms with Crippen LogP contribution in [0.1, 0.15) is 31.5 Å². The summed E-state index contributed by atoms with van der Waals surface area (Å²) < 4.78 is 11.8. The van der Waals surface area contributed by atoms with E-state index in [0.29, 0.717) is 18.9 Å². The minimum atomic E-state index is 0.588. The molecule has 11 heteroatoms. The number of thiocarbonyl (C=S) groups is 1. The normalized spacial score (nSPS) is 18.1. The van der Waals surface area contributed by atoms with Crippen molar-refractivity contribution in [2.75, 3.05) is 57.9 Å². The fourth-order valence-electron chi connectivity index (χ4n) is 5.09. The number of rotatable bonds is 9. The molecule has 2 aliphatic rings. The predicted octanol–water partition coefficient (Wildman–Crippen LogP) is 2.72. The summed E-state index contributed by atoms with van der Waals surface area (Å²) in [6.45, 7) is 6.78.